The van der Waals surface area contributed by atoms with E-state index in [1.807, 2.05) is 12.1 Å². The van der Waals surface area contributed by atoms with Gasteiger partial charge in [-0.3, -0.25) is 0 Å². The van der Waals surface area contributed by atoms with E-state index in [-0.39, 0.29) is 0 Å². The van der Waals surface area contributed by atoms with Crippen molar-refractivity contribution in [2.24, 2.45) is 0 Å². The highest BCUT2D eigenvalue weighted by Gasteiger charge is 2.08. The third kappa shape index (κ3) is 2.93. The largest absolute Gasteiger partial charge is 0.508 e. The van der Waals surface area contributed by atoms with Crippen LogP contribution in [-0.4, -0.2) is 16.2 Å². The molecular weight excluding hydrogens is 224 g/mol. The van der Waals surface area contributed by atoms with Gasteiger partial charge in [0.25, 0.3) is 0 Å². The third-order valence-electron chi connectivity index (χ3n) is 3.11. The number of aromatic nitrogens is 1. The Morgan fingerprint density at radius 3 is 2.61 bits per heavy atom. The molecule has 1 aromatic carbocycles. The maximum absolute atomic E-state index is 9.28. The highest BCUT2D eigenvalue weighted by Crippen LogP contribution is 2.16. The summed E-state index contributed by atoms with van der Waals surface area (Å²) in [6.45, 7) is 6.08. The predicted octanol–water partition coefficient (Wildman–Crippen LogP) is 2.91. The van der Waals surface area contributed by atoms with E-state index in [0.717, 1.165) is 13.1 Å². The summed E-state index contributed by atoms with van der Waals surface area (Å²) in [5, 5.41) is 12.7. The first-order chi connectivity index (χ1) is 8.70. The molecular formula is C15H20N2O. The topological polar surface area (TPSA) is 37.2 Å². The number of hydrogen-bond acceptors (Lipinski definition) is 2. The van der Waals surface area contributed by atoms with Crippen LogP contribution in [0.5, 0.6) is 5.75 Å². The van der Waals surface area contributed by atoms with E-state index in [9.17, 15) is 5.11 Å². The minimum atomic E-state index is 0.312. The smallest absolute Gasteiger partial charge is 0.115 e. The van der Waals surface area contributed by atoms with Gasteiger partial charge in [0.2, 0.25) is 0 Å². The van der Waals surface area contributed by atoms with Gasteiger partial charge >= 0.3 is 0 Å². The Balaban J connectivity index is 2.14. The molecule has 0 bridgehead atoms. The molecule has 1 unspecified atom stereocenters. The normalized spacial score (nSPS) is 12.6. The third-order valence-corrected chi connectivity index (χ3v) is 3.11. The van der Waals surface area contributed by atoms with Gasteiger partial charge < -0.3 is 15.0 Å². The number of rotatable bonds is 5. The van der Waals surface area contributed by atoms with Gasteiger partial charge in [-0.25, -0.2) is 0 Å². The highest BCUT2D eigenvalue weighted by molar-refractivity contribution is 5.26. The minimum absolute atomic E-state index is 0.312. The van der Waals surface area contributed by atoms with Crippen molar-refractivity contribution in [1.82, 2.24) is 9.88 Å². The van der Waals surface area contributed by atoms with E-state index in [4.69, 9.17) is 0 Å². The fourth-order valence-electron chi connectivity index (χ4n) is 2.17. The summed E-state index contributed by atoms with van der Waals surface area (Å²) >= 11 is 0. The summed E-state index contributed by atoms with van der Waals surface area (Å²) in [6.07, 6.45) is 2.09. The lowest BCUT2D eigenvalue weighted by Crippen LogP contribution is -2.20. The van der Waals surface area contributed by atoms with Crippen molar-refractivity contribution in [3.8, 4) is 5.75 Å². The van der Waals surface area contributed by atoms with Crippen LogP contribution in [-0.2, 0) is 6.54 Å². The van der Waals surface area contributed by atoms with E-state index in [2.05, 4.69) is 42.1 Å². The first-order valence-corrected chi connectivity index (χ1v) is 6.37. The van der Waals surface area contributed by atoms with Crippen LogP contribution in [0, 0.1) is 0 Å². The Bertz CT molecular complexity index is 487. The molecule has 0 fully saturated rings. The van der Waals surface area contributed by atoms with Crippen LogP contribution in [0.4, 0.5) is 0 Å². The molecule has 0 spiro atoms. The van der Waals surface area contributed by atoms with Gasteiger partial charge in [0.1, 0.15) is 5.75 Å². The van der Waals surface area contributed by atoms with E-state index < -0.39 is 0 Å². The Labute approximate surface area is 108 Å². The van der Waals surface area contributed by atoms with E-state index in [1.54, 1.807) is 12.1 Å². The Hall–Kier alpha value is -1.74. The lowest BCUT2D eigenvalue weighted by atomic mass is 10.2. The number of nitrogens with one attached hydrogen (secondary N) is 1. The van der Waals surface area contributed by atoms with Crippen molar-refractivity contribution in [3.63, 3.8) is 0 Å². The van der Waals surface area contributed by atoms with Crippen molar-refractivity contribution < 1.29 is 5.11 Å². The fraction of sp³-hybridized carbons (Fsp3) is 0.333. The zero-order valence-electron chi connectivity index (χ0n) is 10.9. The summed E-state index contributed by atoms with van der Waals surface area (Å²) < 4.78 is 2.24. The lowest BCUT2D eigenvalue weighted by molar-refractivity contribution is 0.475. The van der Waals surface area contributed by atoms with Crippen LogP contribution in [0.1, 0.15) is 31.1 Å². The van der Waals surface area contributed by atoms with Gasteiger partial charge in [-0.2, -0.15) is 0 Å². The summed E-state index contributed by atoms with van der Waals surface area (Å²) in [5.74, 6) is 0.312. The SMILES string of the molecule is CCNC(C)c1cccn1Cc1ccc(O)cc1. The molecule has 2 N–H and O–H groups in total. The van der Waals surface area contributed by atoms with Crippen molar-refractivity contribution in [3.05, 3.63) is 53.9 Å². The molecule has 2 aromatic rings. The second-order valence-electron chi connectivity index (χ2n) is 4.51. The van der Waals surface area contributed by atoms with Gasteiger partial charge in [0.15, 0.2) is 0 Å². The summed E-state index contributed by atoms with van der Waals surface area (Å²) in [6, 6.07) is 11.9. The van der Waals surface area contributed by atoms with Crippen molar-refractivity contribution in [1.29, 1.82) is 0 Å². The molecule has 1 atom stereocenters. The van der Waals surface area contributed by atoms with Crippen LogP contribution in [0.3, 0.4) is 0 Å². The van der Waals surface area contributed by atoms with Crippen LogP contribution < -0.4 is 5.32 Å². The second-order valence-corrected chi connectivity index (χ2v) is 4.51. The first kappa shape index (κ1) is 12.7. The van der Waals surface area contributed by atoms with E-state index in [0.29, 0.717) is 11.8 Å². The van der Waals surface area contributed by atoms with E-state index >= 15 is 0 Å². The molecule has 0 amide bonds. The van der Waals surface area contributed by atoms with E-state index in [1.165, 1.54) is 11.3 Å². The molecule has 0 saturated heterocycles. The number of hydrogen-bond donors (Lipinski definition) is 2. The second kappa shape index (κ2) is 5.74. The molecule has 1 aromatic heterocycles. The highest BCUT2D eigenvalue weighted by atomic mass is 16.3. The van der Waals surface area contributed by atoms with Crippen LogP contribution in [0.15, 0.2) is 42.6 Å². The van der Waals surface area contributed by atoms with Gasteiger partial charge in [-0.15, -0.1) is 0 Å². The van der Waals surface area contributed by atoms with Gasteiger partial charge in [0, 0.05) is 24.5 Å². The summed E-state index contributed by atoms with van der Waals surface area (Å²) in [5.41, 5.74) is 2.47. The summed E-state index contributed by atoms with van der Waals surface area (Å²) in [4.78, 5) is 0. The molecule has 0 aliphatic heterocycles. The zero-order valence-corrected chi connectivity index (χ0v) is 10.9. The molecule has 0 aliphatic carbocycles. The first-order valence-electron chi connectivity index (χ1n) is 6.37. The van der Waals surface area contributed by atoms with Crippen LogP contribution in [0.2, 0.25) is 0 Å². The van der Waals surface area contributed by atoms with Gasteiger partial charge in [0.05, 0.1) is 0 Å². The average molecular weight is 244 g/mol. The molecule has 0 aliphatic rings. The van der Waals surface area contributed by atoms with Crippen LogP contribution in [0.25, 0.3) is 0 Å². The molecule has 1 heterocycles. The molecule has 3 nitrogen and oxygen atoms in total. The lowest BCUT2D eigenvalue weighted by Gasteiger charge is -2.16. The van der Waals surface area contributed by atoms with Gasteiger partial charge in [-0.1, -0.05) is 19.1 Å². The molecule has 3 heteroatoms. The minimum Gasteiger partial charge on any atom is -0.508 e. The number of benzene rings is 1. The number of phenolic OH excluding ortho intramolecular Hbond substituents is 1. The maximum atomic E-state index is 9.28. The molecule has 0 saturated carbocycles. The fourth-order valence-corrected chi connectivity index (χ4v) is 2.17. The molecule has 2 rings (SSSR count). The van der Waals surface area contributed by atoms with Crippen molar-refractivity contribution in [2.45, 2.75) is 26.4 Å². The molecule has 0 radical (unpaired) electrons. The average Bonchev–Trinajstić information content (AvgIpc) is 2.81. The Morgan fingerprint density at radius 2 is 1.94 bits per heavy atom. The summed E-state index contributed by atoms with van der Waals surface area (Å²) in [7, 11) is 0. The Kier molecular flexibility index (Phi) is 4.05. The quantitative estimate of drug-likeness (QED) is 0.848. The van der Waals surface area contributed by atoms with Gasteiger partial charge in [-0.05, 0) is 43.3 Å². The van der Waals surface area contributed by atoms with Crippen molar-refractivity contribution >= 4 is 0 Å². The van der Waals surface area contributed by atoms with Crippen molar-refractivity contribution in [2.75, 3.05) is 6.54 Å². The van der Waals surface area contributed by atoms with Crippen LogP contribution >= 0.6 is 0 Å². The maximum Gasteiger partial charge on any atom is 0.115 e. The zero-order chi connectivity index (χ0) is 13.0. The molecule has 18 heavy (non-hydrogen) atoms. The number of aromatic hydroxyl groups is 1. The monoisotopic (exact) mass is 244 g/mol. The molecule has 96 valence electrons. The standard InChI is InChI=1S/C15H20N2O/c1-3-16-12(2)15-5-4-10-17(15)11-13-6-8-14(18)9-7-13/h4-10,12,16,18H,3,11H2,1-2H3. The predicted molar refractivity (Wildman–Crippen MR) is 73.7 cm³/mol. The Morgan fingerprint density at radius 1 is 1.22 bits per heavy atom. The number of nitrogens with zero attached hydrogens (tertiary/aromatic N) is 1. The number of phenols is 1.